The second kappa shape index (κ2) is 6.80. The van der Waals surface area contributed by atoms with Crippen molar-refractivity contribution in [1.82, 2.24) is 15.0 Å². The molecule has 0 saturated carbocycles. The van der Waals surface area contributed by atoms with E-state index in [0.29, 0.717) is 10.7 Å². The Kier molecular flexibility index (Phi) is 4.34. The maximum atomic E-state index is 12.6. The fourth-order valence-corrected chi connectivity index (χ4v) is 3.79. The van der Waals surface area contributed by atoms with Crippen LogP contribution in [0.1, 0.15) is 35.6 Å². The van der Waals surface area contributed by atoms with Crippen molar-refractivity contribution < 1.29 is 4.79 Å². The lowest BCUT2D eigenvalue weighted by atomic mass is 10.1. The van der Waals surface area contributed by atoms with E-state index in [4.69, 9.17) is 4.98 Å². The molecule has 1 N–H and O–H groups in total. The molecule has 0 aliphatic heterocycles. The highest BCUT2D eigenvalue weighted by molar-refractivity contribution is 7.22. The van der Waals surface area contributed by atoms with Crippen LogP contribution in [0.5, 0.6) is 0 Å². The molecule has 0 radical (unpaired) electrons. The predicted molar refractivity (Wildman–Crippen MR) is 106 cm³/mol. The molecule has 1 amide bonds. The van der Waals surface area contributed by atoms with Gasteiger partial charge in [-0.25, -0.2) is 15.0 Å². The number of thiazole rings is 1. The first-order valence-electron chi connectivity index (χ1n) is 8.64. The molecule has 0 atom stereocenters. The van der Waals surface area contributed by atoms with Crippen LogP contribution in [-0.2, 0) is 12.8 Å². The minimum absolute atomic E-state index is 0.189. The highest BCUT2D eigenvalue weighted by Crippen LogP contribution is 2.26. The molecule has 4 aromatic rings. The number of aryl methyl sites for hydroxylation is 2. The lowest BCUT2D eigenvalue weighted by molar-refractivity contribution is 0.102. The molecule has 0 fully saturated rings. The van der Waals surface area contributed by atoms with Crippen molar-refractivity contribution in [2.24, 2.45) is 0 Å². The Bertz CT molecular complexity index is 1090. The molecule has 0 aliphatic carbocycles. The summed E-state index contributed by atoms with van der Waals surface area (Å²) in [5, 5.41) is 3.48. The number of anilines is 1. The van der Waals surface area contributed by atoms with Crippen LogP contribution >= 0.6 is 11.3 Å². The number of benzene rings is 2. The predicted octanol–water partition coefficient (Wildman–Crippen LogP) is 4.62. The van der Waals surface area contributed by atoms with Crippen molar-refractivity contribution in [2.45, 2.75) is 26.7 Å². The first kappa shape index (κ1) is 16.6. The largest absolute Gasteiger partial charge is 0.298 e. The SMILES string of the molecule is CCc1nc2ccc(C(=O)Nc3nc4ccccc4s3)cc2nc1CC. The first-order chi connectivity index (χ1) is 12.7. The molecule has 0 bridgehead atoms. The monoisotopic (exact) mass is 362 g/mol. The van der Waals surface area contributed by atoms with Gasteiger partial charge < -0.3 is 0 Å². The third-order valence-corrected chi connectivity index (χ3v) is 5.22. The number of hydrogen-bond donors (Lipinski definition) is 1. The molecule has 2 aromatic heterocycles. The van der Waals surface area contributed by atoms with Gasteiger partial charge in [-0.1, -0.05) is 37.3 Å². The zero-order valence-corrected chi connectivity index (χ0v) is 15.4. The third kappa shape index (κ3) is 3.04. The quantitative estimate of drug-likeness (QED) is 0.575. The van der Waals surface area contributed by atoms with Gasteiger partial charge in [0.05, 0.1) is 32.6 Å². The summed E-state index contributed by atoms with van der Waals surface area (Å²) in [6.07, 6.45) is 1.68. The van der Waals surface area contributed by atoms with Crippen LogP contribution in [0.25, 0.3) is 21.3 Å². The summed E-state index contributed by atoms with van der Waals surface area (Å²) in [5.41, 5.74) is 5.01. The van der Waals surface area contributed by atoms with Gasteiger partial charge >= 0.3 is 0 Å². The number of amides is 1. The van der Waals surface area contributed by atoms with E-state index in [-0.39, 0.29) is 5.91 Å². The summed E-state index contributed by atoms with van der Waals surface area (Å²) in [5.74, 6) is -0.189. The highest BCUT2D eigenvalue weighted by atomic mass is 32.1. The topological polar surface area (TPSA) is 67.8 Å². The summed E-state index contributed by atoms with van der Waals surface area (Å²) in [6.45, 7) is 4.15. The standard InChI is InChI=1S/C20H18N4OS/c1-3-13-14(4-2)22-17-11-12(9-10-15(17)21-13)19(25)24-20-23-16-7-5-6-8-18(16)26-20/h5-11H,3-4H2,1-2H3,(H,23,24,25). The molecule has 2 aromatic carbocycles. The van der Waals surface area contributed by atoms with Crippen LogP contribution in [0.2, 0.25) is 0 Å². The summed E-state index contributed by atoms with van der Waals surface area (Å²) < 4.78 is 1.05. The van der Waals surface area contributed by atoms with Crippen molar-refractivity contribution in [1.29, 1.82) is 0 Å². The number of hydrogen-bond acceptors (Lipinski definition) is 5. The third-order valence-electron chi connectivity index (χ3n) is 4.27. The normalized spacial score (nSPS) is 11.2. The minimum Gasteiger partial charge on any atom is -0.298 e. The number of carbonyl (C=O) groups excluding carboxylic acids is 1. The maximum absolute atomic E-state index is 12.6. The molecule has 5 nitrogen and oxygen atoms in total. The average Bonchev–Trinajstić information content (AvgIpc) is 3.08. The van der Waals surface area contributed by atoms with Crippen molar-refractivity contribution in [3.8, 4) is 0 Å². The van der Waals surface area contributed by atoms with E-state index >= 15 is 0 Å². The van der Waals surface area contributed by atoms with Crippen LogP contribution in [0, 0.1) is 0 Å². The van der Waals surface area contributed by atoms with Crippen LogP contribution < -0.4 is 5.32 Å². The summed E-state index contributed by atoms with van der Waals surface area (Å²) in [7, 11) is 0. The molecule has 0 unspecified atom stereocenters. The zero-order valence-electron chi connectivity index (χ0n) is 14.6. The van der Waals surface area contributed by atoms with E-state index in [1.807, 2.05) is 30.3 Å². The Morgan fingerprint density at radius 2 is 1.65 bits per heavy atom. The van der Waals surface area contributed by atoms with Crippen LogP contribution in [0.4, 0.5) is 5.13 Å². The van der Waals surface area contributed by atoms with E-state index in [9.17, 15) is 4.79 Å². The molecule has 130 valence electrons. The fraction of sp³-hybridized carbons (Fsp3) is 0.200. The molecule has 4 rings (SSSR count). The molecule has 0 aliphatic rings. The molecule has 2 heterocycles. The van der Waals surface area contributed by atoms with Gasteiger partial charge in [0.2, 0.25) is 0 Å². The minimum atomic E-state index is -0.189. The van der Waals surface area contributed by atoms with Crippen molar-refractivity contribution in [3.05, 3.63) is 59.4 Å². The van der Waals surface area contributed by atoms with Crippen molar-refractivity contribution in [3.63, 3.8) is 0 Å². The highest BCUT2D eigenvalue weighted by Gasteiger charge is 2.12. The number of nitrogens with zero attached hydrogens (tertiary/aromatic N) is 3. The number of fused-ring (bicyclic) bond motifs is 2. The number of para-hydroxylation sites is 1. The van der Waals surface area contributed by atoms with E-state index in [0.717, 1.165) is 45.5 Å². The summed E-state index contributed by atoms with van der Waals surface area (Å²) in [4.78, 5) is 26.4. The molecular weight excluding hydrogens is 344 g/mol. The van der Waals surface area contributed by atoms with Crippen LogP contribution in [-0.4, -0.2) is 20.9 Å². The second-order valence-corrected chi connectivity index (χ2v) is 7.00. The Morgan fingerprint density at radius 3 is 2.38 bits per heavy atom. The Hall–Kier alpha value is -2.86. The van der Waals surface area contributed by atoms with Crippen molar-refractivity contribution >= 4 is 43.6 Å². The molecule has 0 saturated heterocycles. The van der Waals surface area contributed by atoms with E-state index in [1.54, 1.807) is 12.1 Å². The van der Waals surface area contributed by atoms with Gasteiger partial charge in [0, 0.05) is 5.56 Å². The Morgan fingerprint density at radius 1 is 0.923 bits per heavy atom. The van der Waals surface area contributed by atoms with Gasteiger partial charge in [-0.2, -0.15) is 0 Å². The zero-order chi connectivity index (χ0) is 18.1. The van der Waals surface area contributed by atoms with E-state index < -0.39 is 0 Å². The summed E-state index contributed by atoms with van der Waals surface area (Å²) >= 11 is 1.46. The van der Waals surface area contributed by atoms with Gasteiger partial charge in [0.15, 0.2) is 5.13 Å². The molecule has 6 heteroatoms. The average molecular weight is 362 g/mol. The fourth-order valence-electron chi connectivity index (χ4n) is 2.93. The van der Waals surface area contributed by atoms with E-state index in [2.05, 4.69) is 29.1 Å². The molecular formula is C20H18N4OS. The lowest BCUT2D eigenvalue weighted by Gasteiger charge is -2.08. The van der Waals surface area contributed by atoms with E-state index in [1.165, 1.54) is 11.3 Å². The second-order valence-electron chi connectivity index (χ2n) is 5.97. The maximum Gasteiger partial charge on any atom is 0.257 e. The number of aromatic nitrogens is 3. The Balaban J connectivity index is 1.65. The summed E-state index contributed by atoms with van der Waals surface area (Å²) in [6, 6.07) is 13.3. The lowest BCUT2D eigenvalue weighted by Crippen LogP contribution is -2.12. The van der Waals surface area contributed by atoms with Crippen molar-refractivity contribution in [2.75, 3.05) is 5.32 Å². The van der Waals surface area contributed by atoms with Gasteiger partial charge in [-0.3, -0.25) is 10.1 Å². The molecule has 0 spiro atoms. The number of rotatable bonds is 4. The van der Waals surface area contributed by atoms with Crippen LogP contribution in [0.15, 0.2) is 42.5 Å². The van der Waals surface area contributed by atoms with Gasteiger partial charge in [-0.05, 0) is 43.2 Å². The van der Waals surface area contributed by atoms with Gasteiger partial charge in [0.25, 0.3) is 5.91 Å². The first-order valence-corrected chi connectivity index (χ1v) is 9.46. The van der Waals surface area contributed by atoms with Crippen LogP contribution in [0.3, 0.4) is 0 Å². The number of carbonyl (C=O) groups is 1. The van der Waals surface area contributed by atoms with Gasteiger partial charge in [-0.15, -0.1) is 0 Å². The molecule has 26 heavy (non-hydrogen) atoms. The van der Waals surface area contributed by atoms with Gasteiger partial charge in [0.1, 0.15) is 0 Å². The number of nitrogens with one attached hydrogen (secondary N) is 1. The smallest absolute Gasteiger partial charge is 0.257 e. The Labute approximate surface area is 155 Å².